The van der Waals surface area contributed by atoms with Crippen molar-refractivity contribution in [1.29, 1.82) is 0 Å². The summed E-state index contributed by atoms with van der Waals surface area (Å²) in [4.78, 5) is 4.58. The van der Waals surface area contributed by atoms with Gasteiger partial charge in [-0.3, -0.25) is 0 Å². The van der Waals surface area contributed by atoms with Crippen LogP contribution in [0.4, 0.5) is 0 Å². The van der Waals surface area contributed by atoms with Crippen molar-refractivity contribution < 1.29 is 8.42 Å². The van der Waals surface area contributed by atoms with E-state index in [1.54, 1.807) is 16.6 Å². The maximum absolute atomic E-state index is 13.7. The fourth-order valence-electron chi connectivity index (χ4n) is 4.70. The van der Waals surface area contributed by atoms with Gasteiger partial charge in [0.1, 0.15) is 5.15 Å². The molecule has 1 aromatic carbocycles. The van der Waals surface area contributed by atoms with Crippen LogP contribution >= 0.6 is 11.6 Å². The fraction of sp³-hybridized carbons (Fsp3) is 0.571. The maximum atomic E-state index is 13.7. The summed E-state index contributed by atoms with van der Waals surface area (Å²) in [5, 5.41) is 5.02. The number of aromatic nitrogens is 1. The van der Waals surface area contributed by atoms with E-state index < -0.39 is 10.0 Å². The van der Waals surface area contributed by atoms with Gasteiger partial charge in [-0.15, -0.1) is 0 Å². The van der Waals surface area contributed by atoms with Gasteiger partial charge in [0.25, 0.3) is 0 Å². The van der Waals surface area contributed by atoms with E-state index in [0.29, 0.717) is 35.1 Å². The van der Waals surface area contributed by atoms with Crippen LogP contribution in [0, 0.1) is 0 Å². The number of nitrogens with zero attached hydrogens (tertiary/aromatic N) is 2. The molecule has 2 aliphatic rings. The predicted molar refractivity (Wildman–Crippen MR) is 113 cm³/mol. The molecule has 1 aliphatic heterocycles. The van der Waals surface area contributed by atoms with E-state index >= 15 is 0 Å². The zero-order valence-corrected chi connectivity index (χ0v) is 18.1. The molecular formula is C21H28ClN3O2S. The van der Waals surface area contributed by atoms with Crippen molar-refractivity contribution in [1.82, 2.24) is 14.6 Å². The molecule has 2 fully saturated rings. The maximum Gasteiger partial charge on any atom is 0.244 e. The van der Waals surface area contributed by atoms with E-state index in [4.69, 9.17) is 11.6 Å². The standard InChI is InChI=1S/C21H28ClN3O2S/c1-15-14-23-10-11-25(15)28(26,27)19-13-16(21(2)7-4-3-5-8-21)12-18-17(19)6-9-24-20(18)22/h6,9,12-13,15,23H,3-5,7-8,10-11,14H2,1-2H3. The molecule has 0 amide bonds. The quantitative estimate of drug-likeness (QED) is 0.758. The number of fused-ring (bicyclic) bond motifs is 1. The third kappa shape index (κ3) is 3.45. The van der Waals surface area contributed by atoms with Crippen LogP contribution < -0.4 is 5.32 Å². The molecule has 5 nitrogen and oxygen atoms in total. The summed E-state index contributed by atoms with van der Waals surface area (Å²) >= 11 is 6.42. The van der Waals surface area contributed by atoms with Gasteiger partial charge < -0.3 is 5.32 Å². The molecule has 1 atom stereocenters. The first-order valence-electron chi connectivity index (χ1n) is 10.1. The second-order valence-corrected chi connectivity index (χ2v) is 10.7. The van der Waals surface area contributed by atoms with Crippen LogP contribution in [0.25, 0.3) is 10.8 Å². The predicted octanol–water partition coefficient (Wildman–Crippen LogP) is 4.09. The highest BCUT2D eigenvalue weighted by Gasteiger charge is 2.35. The van der Waals surface area contributed by atoms with Crippen molar-refractivity contribution in [3.05, 3.63) is 35.1 Å². The lowest BCUT2D eigenvalue weighted by atomic mass is 9.71. The Morgan fingerprint density at radius 3 is 2.68 bits per heavy atom. The summed E-state index contributed by atoms with van der Waals surface area (Å²) in [5.74, 6) is 0. The minimum atomic E-state index is -3.64. The van der Waals surface area contributed by atoms with E-state index in [1.165, 1.54) is 19.3 Å². The topological polar surface area (TPSA) is 62.3 Å². The molecule has 0 radical (unpaired) electrons. The smallest absolute Gasteiger partial charge is 0.244 e. The molecule has 1 unspecified atom stereocenters. The number of nitrogens with one attached hydrogen (secondary N) is 1. The first-order valence-corrected chi connectivity index (χ1v) is 12.0. The lowest BCUT2D eigenvalue weighted by molar-refractivity contribution is 0.284. The zero-order valence-electron chi connectivity index (χ0n) is 16.5. The third-order valence-electron chi connectivity index (χ3n) is 6.47. The van der Waals surface area contributed by atoms with Gasteiger partial charge in [-0.1, -0.05) is 37.8 Å². The van der Waals surface area contributed by atoms with Crippen molar-refractivity contribution in [2.75, 3.05) is 19.6 Å². The minimum absolute atomic E-state index is 0.0229. The summed E-state index contributed by atoms with van der Waals surface area (Å²) in [7, 11) is -3.64. The summed E-state index contributed by atoms with van der Waals surface area (Å²) in [6.07, 6.45) is 7.32. The van der Waals surface area contributed by atoms with E-state index in [2.05, 4.69) is 23.3 Å². The number of sulfonamides is 1. The summed E-state index contributed by atoms with van der Waals surface area (Å²) < 4.78 is 29.0. The third-order valence-corrected chi connectivity index (χ3v) is 8.83. The highest BCUT2D eigenvalue weighted by Crippen LogP contribution is 2.42. The molecule has 28 heavy (non-hydrogen) atoms. The first kappa shape index (κ1) is 20.1. The highest BCUT2D eigenvalue weighted by atomic mass is 35.5. The highest BCUT2D eigenvalue weighted by molar-refractivity contribution is 7.89. The van der Waals surface area contributed by atoms with E-state index in [9.17, 15) is 8.42 Å². The average Bonchev–Trinajstić information content (AvgIpc) is 2.68. The van der Waals surface area contributed by atoms with Gasteiger partial charge in [-0.2, -0.15) is 4.31 Å². The number of benzene rings is 1. The lowest BCUT2D eigenvalue weighted by Crippen LogP contribution is -2.52. The molecule has 1 aliphatic carbocycles. The molecule has 7 heteroatoms. The lowest BCUT2D eigenvalue weighted by Gasteiger charge is -2.36. The van der Waals surface area contributed by atoms with Crippen molar-refractivity contribution in [3.8, 4) is 0 Å². The minimum Gasteiger partial charge on any atom is -0.314 e. The Hall–Kier alpha value is -1.21. The van der Waals surface area contributed by atoms with Crippen LogP contribution in [0.3, 0.4) is 0 Å². The molecule has 2 heterocycles. The number of rotatable bonds is 3. The fourth-order valence-corrected chi connectivity index (χ4v) is 6.78. The molecule has 4 rings (SSSR count). The molecule has 2 aromatic rings. The van der Waals surface area contributed by atoms with Gasteiger partial charge in [0.05, 0.1) is 4.90 Å². The average molecular weight is 422 g/mol. The number of piperazine rings is 1. The van der Waals surface area contributed by atoms with Crippen LogP contribution in [0.15, 0.2) is 29.3 Å². The van der Waals surface area contributed by atoms with E-state index in [1.807, 2.05) is 13.0 Å². The van der Waals surface area contributed by atoms with Crippen molar-refractivity contribution in [2.45, 2.75) is 62.3 Å². The molecule has 1 N–H and O–H groups in total. The second-order valence-electron chi connectivity index (χ2n) is 8.46. The van der Waals surface area contributed by atoms with Gasteiger partial charge in [-0.25, -0.2) is 13.4 Å². The van der Waals surface area contributed by atoms with Crippen molar-refractivity contribution >= 4 is 32.4 Å². The second kappa shape index (κ2) is 7.56. The van der Waals surface area contributed by atoms with Crippen LogP contribution in [-0.4, -0.2) is 43.4 Å². The first-order chi connectivity index (χ1) is 13.3. The number of halogens is 1. The largest absolute Gasteiger partial charge is 0.314 e. The number of hydrogen-bond donors (Lipinski definition) is 1. The Kier molecular flexibility index (Phi) is 5.42. The SMILES string of the molecule is CC1CNCCN1S(=O)(=O)c1cc(C2(C)CCCCC2)cc2c(Cl)nccc12. The van der Waals surface area contributed by atoms with Gasteiger partial charge >= 0.3 is 0 Å². The van der Waals surface area contributed by atoms with Crippen molar-refractivity contribution in [2.24, 2.45) is 0 Å². The Balaban J connectivity index is 1.93. The van der Waals surface area contributed by atoms with Crippen LogP contribution in [-0.2, 0) is 15.4 Å². The Morgan fingerprint density at radius 2 is 1.96 bits per heavy atom. The number of pyridine rings is 1. The summed E-state index contributed by atoms with van der Waals surface area (Å²) in [6.45, 7) is 6.01. The number of hydrogen-bond acceptors (Lipinski definition) is 4. The van der Waals surface area contributed by atoms with E-state index in [-0.39, 0.29) is 11.5 Å². The Labute approximate surface area is 172 Å². The normalized spacial score (nSPS) is 23.8. The molecule has 0 spiro atoms. The van der Waals surface area contributed by atoms with Crippen LogP contribution in [0.5, 0.6) is 0 Å². The van der Waals surface area contributed by atoms with Gasteiger partial charge in [0.2, 0.25) is 10.0 Å². The van der Waals surface area contributed by atoms with Gasteiger partial charge in [0.15, 0.2) is 0 Å². The van der Waals surface area contributed by atoms with Crippen LogP contribution in [0.1, 0.15) is 51.5 Å². The Morgan fingerprint density at radius 1 is 1.21 bits per heavy atom. The zero-order chi connectivity index (χ0) is 19.9. The Bertz CT molecular complexity index is 987. The molecule has 152 valence electrons. The summed E-state index contributed by atoms with van der Waals surface area (Å²) in [6, 6.07) is 5.66. The van der Waals surface area contributed by atoms with Crippen molar-refractivity contribution in [3.63, 3.8) is 0 Å². The monoisotopic (exact) mass is 421 g/mol. The molecule has 1 saturated carbocycles. The van der Waals surface area contributed by atoms with Crippen LogP contribution in [0.2, 0.25) is 5.15 Å². The molecule has 1 saturated heterocycles. The summed E-state index contributed by atoms with van der Waals surface area (Å²) in [5.41, 5.74) is 1.04. The van der Waals surface area contributed by atoms with E-state index in [0.717, 1.165) is 23.8 Å². The molecule has 1 aromatic heterocycles. The van der Waals surface area contributed by atoms with Gasteiger partial charge in [-0.05, 0) is 48.9 Å². The molecular weight excluding hydrogens is 394 g/mol. The van der Waals surface area contributed by atoms with Gasteiger partial charge in [0, 0.05) is 42.6 Å². The molecule has 0 bridgehead atoms.